The Morgan fingerprint density at radius 1 is 1.32 bits per heavy atom. The number of carbonyl (C=O) groups excluding carboxylic acids is 1. The third-order valence-corrected chi connectivity index (χ3v) is 3.42. The van der Waals surface area contributed by atoms with Gasteiger partial charge < -0.3 is 15.2 Å². The zero-order valence-electron chi connectivity index (χ0n) is 12.3. The number of benzene rings is 1. The predicted molar refractivity (Wildman–Crippen MR) is 75.2 cm³/mol. The lowest BCUT2D eigenvalue weighted by Gasteiger charge is -2.24. The predicted octanol–water partition coefficient (Wildman–Crippen LogP) is 2.51. The van der Waals surface area contributed by atoms with Crippen LogP contribution in [0.25, 0.3) is 0 Å². The van der Waals surface area contributed by atoms with Crippen molar-refractivity contribution in [1.82, 2.24) is 0 Å². The molecule has 2 unspecified atom stereocenters. The van der Waals surface area contributed by atoms with Gasteiger partial charge in [-0.2, -0.15) is 0 Å². The van der Waals surface area contributed by atoms with E-state index in [0.29, 0.717) is 6.42 Å². The Morgan fingerprint density at radius 3 is 2.42 bits per heavy atom. The molecule has 1 aromatic rings. The Morgan fingerprint density at radius 2 is 1.95 bits per heavy atom. The second-order valence-electron chi connectivity index (χ2n) is 4.76. The van der Waals surface area contributed by atoms with Crippen LogP contribution in [0.1, 0.15) is 36.1 Å². The topological polar surface area (TPSA) is 61.5 Å². The molecular formula is C15H23NO3. The number of rotatable bonds is 5. The van der Waals surface area contributed by atoms with E-state index in [1.54, 1.807) is 7.11 Å². The van der Waals surface area contributed by atoms with Gasteiger partial charge in [0, 0.05) is 11.6 Å². The van der Waals surface area contributed by atoms with Gasteiger partial charge in [-0.1, -0.05) is 13.0 Å². The number of aryl methyl sites for hydroxylation is 2. The van der Waals surface area contributed by atoms with Gasteiger partial charge in [0.05, 0.1) is 20.1 Å². The highest BCUT2D eigenvalue weighted by Crippen LogP contribution is 2.34. The lowest BCUT2D eigenvalue weighted by molar-refractivity contribution is -0.146. The molecule has 0 fully saturated rings. The van der Waals surface area contributed by atoms with Crippen LogP contribution in [-0.4, -0.2) is 20.2 Å². The van der Waals surface area contributed by atoms with Crippen LogP contribution in [-0.2, 0) is 9.53 Å². The summed E-state index contributed by atoms with van der Waals surface area (Å²) in [5.41, 5.74) is 9.29. The minimum atomic E-state index is -0.423. The summed E-state index contributed by atoms with van der Waals surface area (Å²) in [4.78, 5) is 11.8. The van der Waals surface area contributed by atoms with Crippen molar-refractivity contribution >= 4 is 5.97 Å². The van der Waals surface area contributed by atoms with Crippen LogP contribution < -0.4 is 10.5 Å². The molecule has 1 aromatic carbocycles. The van der Waals surface area contributed by atoms with Gasteiger partial charge in [0.25, 0.3) is 0 Å². The van der Waals surface area contributed by atoms with E-state index >= 15 is 0 Å². The molecule has 1 rings (SSSR count). The number of methoxy groups -OCH3 is 2. The van der Waals surface area contributed by atoms with Crippen LogP contribution in [0.2, 0.25) is 0 Å². The zero-order chi connectivity index (χ0) is 14.6. The number of nitrogens with two attached hydrogens (primary N) is 1. The van der Waals surface area contributed by atoms with Crippen molar-refractivity contribution in [3.8, 4) is 5.75 Å². The molecular weight excluding hydrogens is 242 g/mol. The monoisotopic (exact) mass is 265 g/mol. The molecule has 2 atom stereocenters. The molecule has 0 aromatic heterocycles. The van der Waals surface area contributed by atoms with Crippen LogP contribution in [0.5, 0.6) is 5.75 Å². The molecule has 0 radical (unpaired) electrons. The SMILES string of the molecule is CCC(C(=O)OC)C(N)c1c(C)cc(C)cc1OC. The molecule has 0 aliphatic rings. The lowest BCUT2D eigenvalue weighted by atomic mass is 9.88. The molecule has 0 aliphatic carbocycles. The van der Waals surface area contributed by atoms with Crippen LogP contribution >= 0.6 is 0 Å². The Hall–Kier alpha value is -1.55. The molecule has 4 nitrogen and oxygen atoms in total. The number of ether oxygens (including phenoxy) is 2. The van der Waals surface area contributed by atoms with E-state index in [4.69, 9.17) is 15.2 Å². The molecule has 2 N–H and O–H groups in total. The van der Waals surface area contributed by atoms with Gasteiger partial charge in [0.15, 0.2) is 0 Å². The Bertz CT molecular complexity index is 457. The highest BCUT2D eigenvalue weighted by atomic mass is 16.5. The lowest BCUT2D eigenvalue weighted by Crippen LogP contribution is -2.29. The maximum atomic E-state index is 11.8. The highest BCUT2D eigenvalue weighted by Gasteiger charge is 2.29. The first kappa shape index (κ1) is 15.5. The van der Waals surface area contributed by atoms with Crippen molar-refractivity contribution in [3.63, 3.8) is 0 Å². The standard InChI is InChI=1S/C15H23NO3/c1-6-11(15(17)19-5)14(16)13-10(3)7-9(2)8-12(13)18-4/h7-8,11,14H,6,16H2,1-5H3. The Labute approximate surface area is 114 Å². The molecule has 0 saturated heterocycles. The van der Waals surface area contributed by atoms with Crippen LogP contribution in [0.15, 0.2) is 12.1 Å². The van der Waals surface area contributed by atoms with Gasteiger partial charge in [0.1, 0.15) is 5.75 Å². The van der Waals surface area contributed by atoms with E-state index in [9.17, 15) is 4.79 Å². The average Bonchev–Trinajstić information content (AvgIpc) is 2.37. The maximum absolute atomic E-state index is 11.8. The minimum absolute atomic E-state index is 0.281. The first-order chi connectivity index (χ1) is 8.96. The number of esters is 1. The first-order valence-electron chi connectivity index (χ1n) is 6.44. The molecule has 0 aliphatic heterocycles. The van der Waals surface area contributed by atoms with Gasteiger partial charge in [-0.15, -0.1) is 0 Å². The summed E-state index contributed by atoms with van der Waals surface area (Å²) in [6.45, 7) is 5.91. The summed E-state index contributed by atoms with van der Waals surface area (Å²) < 4.78 is 10.2. The molecule has 106 valence electrons. The summed E-state index contributed by atoms with van der Waals surface area (Å²) in [5.74, 6) is 0.0877. The molecule has 0 bridgehead atoms. The number of hydrogen-bond acceptors (Lipinski definition) is 4. The summed E-state index contributed by atoms with van der Waals surface area (Å²) in [6.07, 6.45) is 0.629. The summed E-state index contributed by atoms with van der Waals surface area (Å²) in [5, 5.41) is 0. The zero-order valence-corrected chi connectivity index (χ0v) is 12.3. The second kappa shape index (κ2) is 6.57. The van der Waals surface area contributed by atoms with Crippen molar-refractivity contribution < 1.29 is 14.3 Å². The Kier molecular flexibility index (Phi) is 5.36. The molecule has 0 saturated carbocycles. The van der Waals surface area contributed by atoms with Crippen LogP contribution in [0, 0.1) is 19.8 Å². The van der Waals surface area contributed by atoms with Gasteiger partial charge in [-0.3, -0.25) is 4.79 Å². The molecule has 4 heteroatoms. The van der Waals surface area contributed by atoms with Crippen molar-refractivity contribution in [3.05, 3.63) is 28.8 Å². The van der Waals surface area contributed by atoms with E-state index < -0.39 is 6.04 Å². The van der Waals surface area contributed by atoms with E-state index in [1.807, 2.05) is 32.9 Å². The fourth-order valence-corrected chi connectivity index (χ4v) is 2.46. The average molecular weight is 265 g/mol. The molecule has 0 amide bonds. The van der Waals surface area contributed by atoms with E-state index in [2.05, 4.69) is 0 Å². The molecule has 19 heavy (non-hydrogen) atoms. The third-order valence-electron chi connectivity index (χ3n) is 3.42. The van der Waals surface area contributed by atoms with Gasteiger partial charge in [-0.25, -0.2) is 0 Å². The summed E-state index contributed by atoms with van der Waals surface area (Å²) in [6, 6.07) is 3.56. The van der Waals surface area contributed by atoms with Crippen LogP contribution in [0.4, 0.5) is 0 Å². The quantitative estimate of drug-likeness (QED) is 0.831. The van der Waals surface area contributed by atoms with Crippen molar-refractivity contribution in [1.29, 1.82) is 0 Å². The fourth-order valence-electron chi connectivity index (χ4n) is 2.46. The fraction of sp³-hybridized carbons (Fsp3) is 0.533. The normalized spacial score (nSPS) is 13.8. The number of carbonyl (C=O) groups is 1. The minimum Gasteiger partial charge on any atom is -0.496 e. The first-order valence-corrected chi connectivity index (χ1v) is 6.44. The van der Waals surface area contributed by atoms with Crippen molar-refractivity contribution in [2.24, 2.45) is 11.7 Å². The number of hydrogen-bond donors (Lipinski definition) is 1. The van der Waals surface area contributed by atoms with E-state index in [-0.39, 0.29) is 11.9 Å². The summed E-state index contributed by atoms with van der Waals surface area (Å²) >= 11 is 0. The van der Waals surface area contributed by atoms with Crippen molar-refractivity contribution in [2.45, 2.75) is 33.2 Å². The highest BCUT2D eigenvalue weighted by molar-refractivity contribution is 5.73. The van der Waals surface area contributed by atoms with Gasteiger partial charge in [0.2, 0.25) is 0 Å². The Balaban J connectivity index is 3.24. The third kappa shape index (κ3) is 3.26. The maximum Gasteiger partial charge on any atom is 0.310 e. The largest absolute Gasteiger partial charge is 0.496 e. The second-order valence-corrected chi connectivity index (χ2v) is 4.76. The molecule has 0 heterocycles. The smallest absolute Gasteiger partial charge is 0.310 e. The van der Waals surface area contributed by atoms with Crippen LogP contribution in [0.3, 0.4) is 0 Å². The van der Waals surface area contributed by atoms with Crippen molar-refractivity contribution in [2.75, 3.05) is 14.2 Å². The van der Waals surface area contributed by atoms with E-state index in [1.165, 1.54) is 7.11 Å². The van der Waals surface area contributed by atoms with Gasteiger partial charge in [-0.05, 0) is 37.5 Å². The van der Waals surface area contributed by atoms with Gasteiger partial charge >= 0.3 is 5.97 Å². The molecule has 0 spiro atoms. The van der Waals surface area contributed by atoms with E-state index in [0.717, 1.165) is 22.4 Å². The summed E-state index contributed by atoms with van der Waals surface area (Å²) in [7, 11) is 3.00.